The quantitative estimate of drug-likeness (QED) is 0.394. The second kappa shape index (κ2) is 8.24. The van der Waals surface area contributed by atoms with Gasteiger partial charge in [0.05, 0.1) is 23.8 Å². The predicted molar refractivity (Wildman–Crippen MR) is 112 cm³/mol. The van der Waals surface area contributed by atoms with E-state index in [0.29, 0.717) is 27.6 Å². The van der Waals surface area contributed by atoms with E-state index in [1.807, 2.05) is 12.1 Å². The van der Waals surface area contributed by atoms with Crippen LogP contribution in [0.1, 0.15) is 12.7 Å². The van der Waals surface area contributed by atoms with Crippen LogP contribution in [0.15, 0.2) is 76.1 Å². The molecule has 1 unspecified atom stereocenters. The third-order valence-corrected chi connectivity index (χ3v) is 4.86. The summed E-state index contributed by atoms with van der Waals surface area (Å²) in [4.78, 5) is 37.6. The van der Waals surface area contributed by atoms with E-state index in [4.69, 9.17) is 9.15 Å². The van der Waals surface area contributed by atoms with Crippen LogP contribution in [0.5, 0.6) is 0 Å². The molecule has 7 heteroatoms. The van der Waals surface area contributed by atoms with Gasteiger partial charge in [0.15, 0.2) is 11.5 Å². The highest BCUT2D eigenvalue weighted by Gasteiger charge is 2.19. The van der Waals surface area contributed by atoms with E-state index >= 15 is 0 Å². The molecule has 152 valence electrons. The Morgan fingerprint density at radius 3 is 2.23 bits per heavy atom. The molecular weight excluding hydrogens is 384 g/mol. The number of pyridine rings is 1. The molecule has 7 nitrogen and oxygen atoms in total. The molecule has 30 heavy (non-hydrogen) atoms. The first-order chi connectivity index (χ1) is 14.5. The number of aromatic nitrogens is 1. The van der Waals surface area contributed by atoms with E-state index < -0.39 is 18.0 Å². The van der Waals surface area contributed by atoms with E-state index in [2.05, 4.69) is 5.32 Å². The monoisotopic (exact) mass is 404 g/mol. The molecule has 1 atom stereocenters. The average molecular weight is 404 g/mol. The Hall–Kier alpha value is -3.87. The first-order valence-corrected chi connectivity index (χ1v) is 9.54. The lowest BCUT2D eigenvalue weighted by molar-refractivity contribution is -0.155. The van der Waals surface area contributed by atoms with Crippen LogP contribution in [-0.2, 0) is 27.4 Å². The molecule has 0 saturated carbocycles. The SMILES string of the molecule is CC(OC(=O)Cn1c2ccccc2c(=O)c2ccccc21)C(=O)NCc1ccco1. The van der Waals surface area contributed by atoms with Crippen molar-refractivity contribution >= 4 is 33.7 Å². The Morgan fingerprint density at radius 2 is 1.63 bits per heavy atom. The summed E-state index contributed by atoms with van der Waals surface area (Å²) in [7, 11) is 0. The van der Waals surface area contributed by atoms with Crippen LogP contribution >= 0.6 is 0 Å². The zero-order valence-electron chi connectivity index (χ0n) is 16.3. The molecule has 1 amide bonds. The highest BCUT2D eigenvalue weighted by atomic mass is 16.5. The Morgan fingerprint density at radius 1 is 1.00 bits per heavy atom. The number of hydrogen-bond donors (Lipinski definition) is 1. The molecule has 2 aromatic carbocycles. The number of fused-ring (bicyclic) bond motifs is 2. The summed E-state index contributed by atoms with van der Waals surface area (Å²) in [6, 6.07) is 17.7. The van der Waals surface area contributed by atoms with Crippen molar-refractivity contribution in [3.8, 4) is 0 Å². The van der Waals surface area contributed by atoms with Crippen molar-refractivity contribution in [3.05, 3.63) is 82.9 Å². The third kappa shape index (κ3) is 3.82. The summed E-state index contributed by atoms with van der Waals surface area (Å²) in [6.45, 7) is 1.59. The minimum absolute atomic E-state index is 0.0866. The number of ether oxygens (including phenoxy) is 1. The van der Waals surface area contributed by atoms with Crippen molar-refractivity contribution in [3.63, 3.8) is 0 Å². The van der Waals surface area contributed by atoms with E-state index in [1.165, 1.54) is 13.2 Å². The fourth-order valence-electron chi connectivity index (χ4n) is 3.40. The molecule has 0 aliphatic heterocycles. The molecule has 0 fully saturated rings. The zero-order valence-corrected chi connectivity index (χ0v) is 16.3. The van der Waals surface area contributed by atoms with Gasteiger partial charge in [-0.05, 0) is 43.3 Å². The maximum Gasteiger partial charge on any atom is 0.326 e. The molecule has 0 saturated heterocycles. The van der Waals surface area contributed by atoms with E-state index in [-0.39, 0.29) is 18.5 Å². The number of esters is 1. The zero-order chi connectivity index (χ0) is 21.1. The van der Waals surface area contributed by atoms with Crippen LogP contribution in [-0.4, -0.2) is 22.5 Å². The maximum absolute atomic E-state index is 12.8. The van der Waals surface area contributed by atoms with Crippen LogP contribution in [0.2, 0.25) is 0 Å². The average Bonchev–Trinajstić information content (AvgIpc) is 3.28. The number of rotatable bonds is 6. The van der Waals surface area contributed by atoms with Gasteiger partial charge >= 0.3 is 5.97 Å². The summed E-state index contributed by atoms with van der Waals surface area (Å²) < 4.78 is 12.2. The second-order valence-corrected chi connectivity index (χ2v) is 6.88. The van der Waals surface area contributed by atoms with Gasteiger partial charge in [0, 0.05) is 10.8 Å². The molecule has 4 aromatic rings. The third-order valence-electron chi connectivity index (χ3n) is 4.86. The maximum atomic E-state index is 12.8. The number of carbonyl (C=O) groups is 2. The van der Waals surface area contributed by atoms with Crippen molar-refractivity contribution in [2.24, 2.45) is 0 Å². The summed E-state index contributed by atoms with van der Waals surface area (Å²) in [5, 5.41) is 3.71. The minimum Gasteiger partial charge on any atom is -0.467 e. The molecule has 1 N–H and O–H groups in total. The van der Waals surface area contributed by atoms with Crippen LogP contribution in [0.25, 0.3) is 21.8 Å². The summed E-state index contributed by atoms with van der Waals surface area (Å²) in [5.74, 6) is -0.392. The van der Waals surface area contributed by atoms with Crippen molar-refractivity contribution in [2.45, 2.75) is 26.1 Å². The number of hydrogen-bond acceptors (Lipinski definition) is 5. The molecule has 0 aliphatic carbocycles. The van der Waals surface area contributed by atoms with E-state index in [0.717, 1.165) is 0 Å². The van der Waals surface area contributed by atoms with E-state index in [9.17, 15) is 14.4 Å². The highest BCUT2D eigenvalue weighted by Crippen LogP contribution is 2.19. The lowest BCUT2D eigenvalue weighted by Gasteiger charge is -2.17. The van der Waals surface area contributed by atoms with Gasteiger partial charge in [0.25, 0.3) is 5.91 Å². The molecular formula is C23H20N2O5. The molecule has 4 rings (SSSR count). The van der Waals surface area contributed by atoms with Gasteiger partial charge in [-0.15, -0.1) is 0 Å². The minimum atomic E-state index is -0.968. The van der Waals surface area contributed by atoms with Gasteiger partial charge < -0.3 is 19.0 Å². The predicted octanol–water partition coefficient (Wildman–Crippen LogP) is 3.00. The van der Waals surface area contributed by atoms with Crippen molar-refractivity contribution < 1.29 is 18.7 Å². The number of amides is 1. The van der Waals surface area contributed by atoms with Crippen molar-refractivity contribution in [1.29, 1.82) is 0 Å². The van der Waals surface area contributed by atoms with E-state index in [1.54, 1.807) is 53.1 Å². The first kappa shape index (κ1) is 19.4. The summed E-state index contributed by atoms with van der Waals surface area (Å²) in [6.07, 6.45) is 0.550. The molecule has 2 aromatic heterocycles. The van der Waals surface area contributed by atoms with Gasteiger partial charge in [-0.25, -0.2) is 0 Å². The molecule has 0 bridgehead atoms. The van der Waals surface area contributed by atoms with Crippen molar-refractivity contribution in [2.75, 3.05) is 0 Å². The second-order valence-electron chi connectivity index (χ2n) is 6.88. The normalized spacial score (nSPS) is 12.0. The van der Waals surface area contributed by atoms with Gasteiger partial charge in [-0.2, -0.15) is 0 Å². The largest absolute Gasteiger partial charge is 0.467 e. The standard InChI is InChI=1S/C23H20N2O5/c1-15(23(28)24-13-16-7-6-12-29-16)30-21(26)14-25-19-10-4-2-8-17(19)22(27)18-9-3-5-11-20(18)25/h2-12,15H,13-14H2,1H3,(H,24,28). The van der Waals surface area contributed by atoms with Gasteiger partial charge in [-0.3, -0.25) is 14.4 Å². The van der Waals surface area contributed by atoms with Gasteiger partial charge in [-0.1, -0.05) is 24.3 Å². The van der Waals surface area contributed by atoms with Crippen LogP contribution in [0, 0.1) is 0 Å². The summed E-state index contributed by atoms with van der Waals surface area (Å²) in [5.41, 5.74) is 1.18. The van der Waals surface area contributed by atoms with Crippen LogP contribution in [0.3, 0.4) is 0 Å². The Labute approximate surface area is 171 Å². The Bertz CT molecular complexity index is 1210. The molecule has 2 heterocycles. The molecule has 0 aliphatic rings. The number of furan rings is 1. The van der Waals surface area contributed by atoms with Crippen molar-refractivity contribution in [1.82, 2.24) is 9.88 Å². The number of nitrogens with one attached hydrogen (secondary N) is 1. The Kier molecular flexibility index (Phi) is 5.34. The number of benzene rings is 2. The lowest BCUT2D eigenvalue weighted by atomic mass is 10.1. The van der Waals surface area contributed by atoms with Crippen LogP contribution in [0.4, 0.5) is 0 Å². The fraction of sp³-hybridized carbons (Fsp3) is 0.174. The topological polar surface area (TPSA) is 90.5 Å². The van der Waals surface area contributed by atoms with Gasteiger partial charge in [0.1, 0.15) is 12.3 Å². The Balaban J connectivity index is 1.54. The highest BCUT2D eigenvalue weighted by molar-refractivity contribution is 5.94. The smallest absolute Gasteiger partial charge is 0.326 e. The summed E-state index contributed by atoms with van der Waals surface area (Å²) >= 11 is 0. The first-order valence-electron chi connectivity index (χ1n) is 9.54. The van der Waals surface area contributed by atoms with Crippen LogP contribution < -0.4 is 10.7 Å². The number of carbonyl (C=O) groups excluding carboxylic acids is 2. The fourth-order valence-corrected chi connectivity index (χ4v) is 3.40. The molecule has 0 radical (unpaired) electrons. The number of nitrogens with zero attached hydrogens (tertiary/aromatic N) is 1. The lowest BCUT2D eigenvalue weighted by Crippen LogP contribution is -2.36. The van der Waals surface area contributed by atoms with Gasteiger partial charge in [0.2, 0.25) is 0 Å². The molecule has 0 spiro atoms. The number of para-hydroxylation sites is 2.